The maximum atomic E-state index is 12.7. The zero-order valence-electron chi connectivity index (χ0n) is 11.2. The fraction of sp³-hybridized carbons (Fsp3) is 0.857. The number of hydrogen-bond donors (Lipinski definition) is 0. The average Bonchev–Trinajstić information content (AvgIpc) is 2.74. The molecule has 2 bridgehead atoms. The van der Waals surface area contributed by atoms with Crippen LogP contribution in [0.5, 0.6) is 0 Å². The molecule has 4 aliphatic rings. The molecule has 3 aliphatic carbocycles. The van der Waals surface area contributed by atoms with E-state index in [0.717, 1.165) is 6.29 Å². The van der Waals surface area contributed by atoms with Crippen LogP contribution in [0.2, 0.25) is 0 Å². The van der Waals surface area contributed by atoms with E-state index in [2.05, 4.69) is 0 Å². The van der Waals surface area contributed by atoms with Crippen molar-refractivity contribution in [3.05, 3.63) is 0 Å². The summed E-state index contributed by atoms with van der Waals surface area (Å²) in [6.07, 6.45) is 2.16. The highest BCUT2D eigenvalue weighted by Crippen LogP contribution is 2.63. The summed E-state index contributed by atoms with van der Waals surface area (Å²) in [5, 5.41) is 0. The number of Topliss-reactive ketones (excluding diaryl/α,β-unsaturated/α-hetero) is 1. The Morgan fingerprint density at radius 1 is 1.22 bits per heavy atom. The molecule has 1 heterocycles. The van der Waals surface area contributed by atoms with Crippen molar-refractivity contribution in [3.63, 3.8) is 0 Å². The summed E-state index contributed by atoms with van der Waals surface area (Å²) in [7, 11) is 0. The van der Waals surface area contributed by atoms with Crippen molar-refractivity contribution in [2.45, 2.75) is 39.4 Å². The van der Waals surface area contributed by atoms with E-state index in [0.29, 0.717) is 26.1 Å². The van der Waals surface area contributed by atoms with Crippen LogP contribution in [0.3, 0.4) is 0 Å². The molecule has 0 aromatic rings. The van der Waals surface area contributed by atoms with Crippen LogP contribution in [-0.4, -0.2) is 31.1 Å². The number of carbonyl (C=O) groups is 2. The lowest BCUT2D eigenvalue weighted by molar-refractivity contribution is -0.280. The van der Waals surface area contributed by atoms with Gasteiger partial charge in [0.05, 0.1) is 13.2 Å². The summed E-state index contributed by atoms with van der Waals surface area (Å²) in [5.41, 5.74) is -1.11. The first-order valence-electron chi connectivity index (χ1n) is 6.65. The van der Waals surface area contributed by atoms with Gasteiger partial charge in [0, 0.05) is 29.1 Å². The summed E-state index contributed by atoms with van der Waals surface area (Å²) in [5.74, 6) is -0.655. The molecule has 0 unspecified atom stereocenters. The molecule has 3 atom stereocenters. The minimum Gasteiger partial charge on any atom is -0.347 e. The molecular formula is C14H20O4. The lowest BCUT2D eigenvalue weighted by atomic mass is 9.45. The molecule has 0 N–H and O–H groups in total. The molecule has 18 heavy (non-hydrogen) atoms. The monoisotopic (exact) mass is 252 g/mol. The Morgan fingerprint density at radius 2 is 1.83 bits per heavy atom. The number of ketones is 1. The van der Waals surface area contributed by atoms with Crippen LogP contribution in [0.4, 0.5) is 0 Å². The quantitative estimate of drug-likeness (QED) is 0.665. The van der Waals surface area contributed by atoms with E-state index in [9.17, 15) is 9.59 Å². The minimum atomic E-state index is -0.635. The molecule has 4 rings (SSSR count). The van der Waals surface area contributed by atoms with Crippen LogP contribution >= 0.6 is 0 Å². The standard InChI is InChI=1S/C14H20O4/c1-12(2)10-6-9(7-15)13(3,11(12)16)8-14(10)17-4-5-18-14/h7,9-10H,4-6,8H2,1-3H3/t9-,10+,13-/m0/s1. The van der Waals surface area contributed by atoms with Gasteiger partial charge >= 0.3 is 0 Å². The molecule has 1 saturated heterocycles. The molecule has 1 aliphatic heterocycles. The van der Waals surface area contributed by atoms with E-state index in [1.165, 1.54) is 0 Å². The van der Waals surface area contributed by atoms with Gasteiger partial charge in [0.1, 0.15) is 12.1 Å². The number of hydrogen-bond acceptors (Lipinski definition) is 4. The van der Waals surface area contributed by atoms with Gasteiger partial charge in [-0.15, -0.1) is 0 Å². The van der Waals surface area contributed by atoms with Gasteiger partial charge in [0.15, 0.2) is 5.79 Å². The third kappa shape index (κ3) is 1.23. The largest absolute Gasteiger partial charge is 0.347 e. The van der Waals surface area contributed by atoms with E-state index >= 15 is 0 Å². The fourth-order valence-electron chi connectivity index (χ4n) is 4.43. The van der Waals surface area contributed by atoms with Crippen molar-refractivity contribution in [1.82, 2.24) is 0 Å². The lowest BCUT2D eigenvalue weighted by Crippen LogP contribution is -2.68. The molecular weight excluding hydrogens is 232 g/mol. The van der Waals surface area contributed by atoms with Crippen LogP contribution in [0, 0.1) is 22.7 Å². The molecule has 4 nitrogen and oxygen atoms in total. The second-order valence-electron chi connectivity index (χ2n) is 6.68. The topological polar surface area (TPSA) is 52.6 Å². The Kier molecular flexibility index (Phi) is 2.34. The van der Waals surface area contributed by atoms with Crippen LogP contribution in [0.25, 0.3) is 0 Å². The van der Waals surface area contributed by atoms with Gasteiger partial charge in [-0.2, -0.15) is 0 Å². The Labute approximate surface area is 107 Å². The number of rotatable bonds is 1. The molecule has 100 valence electrons. The number of aldehydes is 1. The SMILES string of the molecule is CC1(C)C(=O)[C@@]2(C)CC3(OCCO3)[C@@H]1C[C@H]2C=O. The first-order valence-corrected chi connectivity index (χ1v) is 6.65. The van der Waals surface area contributed by atoms with Crippen LogP contribution in [-0.2, 0) is 19.1 Å². The van der Waals surface area contributed by atoms with Crippen LogP contribution < -0.4 is 0 Å². The van der Waals surface area contributed by atoms with Crippen molar-refractivity contribution < 1.29 is 19.1 Å². The number of ether oxygens (including phenoxy) is 2. The smallest absolute Gasteiger partial charge is 0.173 e. The van der Waals surface area contributed by atoms with Crippen molar-refractivity contribution in [3.8, 4) is 0 Å². The first-order chi connectivity index (χ1) is 8.37. The fourth-order valence-corrected chi connectivity index (χ4v) is 4.43. The highest BCUT2D eigenvalue weighted by atomic mass is 16.7. The summed E-state index contributed by atoms with van der Waals surface area (Å²) >= 11 is 0. The Bertz CT molecular complexity index is 408. The lowest BCUT2D eigenvalue weighted by Gasteiger charge is -2.61. The van der Waals surface area contributed by atoms with Gasteiger partial charge in [-0.1, -0.05) is 20.8 Å². The maximum absolute atomic E-state index is 12.7. The molecule has 0 aromatic carbocycles. The Morgan fingerprint density at radius 3 is 2.39 bits per heavy atom. The van der Waals surface area contributed by atoms with Crippen molar-refractivity contribution >= 4 is 12.1 Å². The highest BCUT2D eigenvalue weighted by Gasteiger charge is 2.70. The molecule has 0 radical (unpaired) electrons. The summed E-state index contributed by atoms with van der Waals surface area (Å²) < 4.78 is 11.7. The van der Waals surface area contributed by atoms with Crippen molar-refractivity contribution in [2.24, 2.45) is 22.7 Å². The third-order valence-electron chi connectivity index (χ3n) is 5.37. The van der Waals surface area contributed by atoms with Gasteiger partial charge in [0.25, 0.3) is 0 Å². The maximum Gasteiger partial charge on any atom is 0.173 e. The number of fused-ring (bicyclic) bond motifs is 2. The van der Waals surface area contributed by atoms with Crippen LogP contribution in [0.1, 0.15) is 33.6 Å². The molecule has 4 heteroatoms. The van der Waals surface area contributed by atoms with Gasteiger partial charge in [-0.25, -0.2) is 0 Å². The minimum absolute atomic E-state index is 0.0166. The van der Waals surface area contributed by atoms with E-state index in [-0.39, 0.29) is 17.6 Å². The average molecular weight is 252 g/mol. The Balaban J connectivity index is 2.10. The van der Waals surface area contributed by atoms with Crippen molar-refractivity contribution in [1.29, 1.82) is 0 Å². The number of carbonyl (C=O) groups excluding carboxylic acids is 2. The molecule has 4 fully saturated rings. The normalized spacial score (nSPS) is 44.5. The predicted molar refractivity (Wildman–Crippen MR) is 63.8 cm³/mol. The molecule has 0 amide bonds. The summed E-state index contributed by atoms with van der Waals surface area (Å²) in [6, 6.07) is 0. The van der Waals surface area contributed by atoms with E-state index in [1.54, 1.807) is 0 Å². The van der Waals surface area contributed by atoms with Gasteiger partial charge in [0.2, 0.25) is 0 Å². The van der Waals surface area contributed by atoms with Gasteiger partial charge in [-0.3, -0.25) is 4.79 Å². The third-order valence-corrected chi connectivity index (χ3v) is 5.37. The second kappa shape index (κ2) is 3.42. The van der Waals surface area contributed by atoms with Gasteiger partial charge in [-0.05, 0) is 6.42 Å². The van der Waals surface area contributed by atoms with Crippen molar-refractivity contribution in [2.75, 3.05) is 13.2 Å². The first kappa shape index (κ1) is 12.3. The Hall–Kier alpha value is -0.740. The highest BCUT2D eigenvalue weighted by molar-refractivity contribution is 5.94. The zero-order chi connectivity index (χ0) is 13.2. The second-order valence-corrected chi connectivity index (χ2v) is 6.68. The van der Waals surface area contributed by atoms with Gasteiger partial charge < -0.3 is 14.3 Å². The predicted octanol–water partition coefficient (Wildman–Crippen LogP) is 1.57. The molecule has 1 spiro atoms. The van der Waals surface area contributed by atoms with Crippen LogP contribution in [0.15, 0.2) is 0 Å². The molecule has 0 aromatic heterocycles. The zero-order valence-corrected chi connectivity index (χ0v) is 11.2. The summed E-state index contributed by atoms with van der Waals surface area (Å²) in [4.78, 5) is 24.0. The van der Waals surface area contributed by atoms with E-state index in [4.69, 9.17) is 9.47 Å². The van der Waals surface area contributed by atoms with E-state index in [1.807, 2.05) is 20.8 Å². The van der Waals surface area contributed by atoms with E-state index < -0.39 is 16.6 Å². The molecule has 3 saturated carbocycles. The summed E-state index contributed by atoms with van der Waals surface area (Å²) in [6.45, 7) is 7.00.